The first kappa shape index (κ1) is 15.3. The van der Waals surface area contributed by atoms with Gasteiger partial charge in [-0.25, -0.2) is 4.98 Å². The maximum absolute atomic E-state index is 4.97. The maximum Gasteiger partial charge on any atom is 0.185 e. The summed E-state index contributed by atoms with van der Waals surface area (Å²) < 4.78 is 1.23. The van der Waals surface area contributed by atoms with Crippen LogP contribution in [0.3, 0.4) is 0 Å². The quantitative estimate of drug-likeness (QED) is 0.635. The number of nitrogens with zero attached hydrogens (tertiary/aromatic N) is 4. The van der Waals surface area contributed by atoms with Gasteiger partial charge in [0, 0.05) is 26.2 Å². The van der Waals surface area contributed by atoms with Crippen LogP contribution < -0.4 is 0 Å². The van der Waals surface area contributed by atoms with E-state index in [4.69, 9.17) is 10.1 Å². The lowest BCUT2D eigenvalue weighted by molar-refractivity contribution is 0.234. The topological polar surface area (TPSA) is 31.7 Å². The molecular weight excluding hydrogens is 292 g/mol. The number of hydrogen-bond donors (Lipinski definition) is 0. The number of hydrogen-bond acceptors (Lipinski definition) is 4. The Labute approximate surface area is 136 Å². The number of aromatic nitrogens is 1. The molecule has 1 aromatic carbocycles. The minimum absolute atomic E-state index is 0.957. The lowest BCUT2D eigenvalue weighted by atomic mass is 10.2. The van der Waals surface area contributed by atoms with E-state index in [0.29, 0.717) is 0 Å². The predicted octanol–water partition coefficient (Wildman–Crippen LogP) is 3.79. The van der Waals surface area contributed by atoms with E-state index < -0.39 is 0 Å². The number of benzene rings is 1. The molecule has 2 heterocycles. The van der Waals surface area contributed by atoms with Crippen LogP contribution >= 0.6 is 11.3 Å². The van der Waals surface area contributed by atoms with Gasteiger partial charge in [0.1, 0.15) is 0 Å². The lowest BCUT2D eigenvalue weighted by Gasteiger charge is -2.28. The fourth-order valence-electron chi connectivity index (χ4n) is 2.84. The average molecular weight is 316 g/mol. The summed E-state index contributed by atoms with van der Waals surface area (Å²) in [6, 6.07) is 8.33. The van der Waals surface area contributed by atoms with E-state index in [0.717, 1.165) is 42.5 Å². The van der Waals surface area contributed by atoms with Crippen LogP contribution in [0.25, 0.3) is 10.2 Å². The predicted molar refractivity (Wildman–Crippen MR) is 94.5 cm³/mol. The third kappa shape index (κ3) is 3.24. The molecule has 5 heteroatoms. The molecule has 0 aliphatic carbocycles. The zero-order valence-electron chi connectivity index (χ0n) is 13.5. The average Bonchev–Trinajstić information content (AvgIpc) is 3.00. The summed E-state index contributed by atoms with van der Waals surface area (Å²) in [4.78, 5) is 7.13. The van der Waals surface area contributed by atoms with E-state index in [-0.39, 0.29) is 0 Å². The molecule has 22 heavy (non-hydrogen) atoms. The van der Waals surface area contributed by atoms with Crippen LogP contribution in [0.2, 0.25) is 0 Å². The summed E-state index contributed by atoms with van der Waals surface area (Å²) in [6.07, 6.45) is 3.82. The standard InChI is InChI=1S/C17H24N4S/c1-3-20(4-2)16(19-21-12-8-5-9-13-21)17-18-14-10-6-7-11-15(14)22-17/h6-7,10-11H,3-5,8-9,12-13H2,1-2H3/b19-16+. The molecule has 0 radical (unpaired) electrons. The van der Waals surface area contributed by atoms with E-state index >= 15 is 0 Å². The molecule has 1 aliphatic heterocycles. The van der Waals surface area contributed by atoms with E-state index in [1.54, 1.807) is 11.3 Å². The van der Waals surface area contributed by atoms with Crippen LogP contribution in [-0.4, -0.2) is 46.9 Å². The van der Waals surface area contributed by atoms with Crippen molar-refractivity contribution >= 4 is 27.4 Å². The minimum Gasteiger partial charge on any atom is -0.353 e. The summed E-state index contributed by atoms with van der Waals surface area (Å²) in [6.45, 7) is 8.41. The number of fused-ring (bicyclic) bond motifs is 1. The Kier molecular flexibility index (Phi) is 4.93. The number of hydrazone groups is 1. The van der Waals surface area contributed by atoms with Gasteiger partial charge in [0.25, 0.3) is 0 Å². The molecule has 3 rings (SSSR count). The van der Waals surface area contributed by atoms with Crippen LogP contribution in [-0.2, 0) is 0 Å². The SMILES string of the molecule is CCN(CC)/C(=N/N1CCCCC1)c1nc2ccccc2s1. The van der Waals surface area contributed by atoms with Crippen LogP contribution in [0.1, 0.15) is 38.1 Å². The van der Waals surface area contributed by atoms with Gasteiger partial charge in [0.2, 0.25) is 0 Å². The highest BCUT2D eigenvalue weighted by molar-refractivity contribution is 7.20. The van der Waals surface area contributed by atoms with Crippen molar-refractivity contribution in [3.8, 4) is 0 Å². The Balaban J connectivity index is 1.97. The zero-order valence-corrected chi connectivity index (χ0v) is 14.3. The highest BCUT2D eigenvalue weighted by Crippen LogP contribution is 2.23. The first-order valence-electron chi connectivity index (χ1n) is 8.26. The van der Waals surface area contributed by atoms with Crippen molar-refractivity contribution in [2.45, 2.75) is 33.1 Å². The normalized spacial score (nSPS) is 16.3. The molecule has 4 nitrogen and oxygen atoms in total. The molecule has 2 aromatic rings. The van der Waals surface area contributed by atoms with Gasteiger partial charge in [-0.15, -0.1) is 11.3 Å². The number of para-hydroxylation sites is 1. The lowest BCUT2D eigenvalue weighted by Crippen LogP contribution is -2.35. The smallest absolute Gasteiger partial charge is 0.185 e. The highest BCUT2D eigenvalue weighted by Gasteiger charge is 2.18. The summed E-state index contributed by atoms with van der Waals surface area (Å²) in [5.41, 5.74) is 1.07. The molecule has 118 valence electrons. The van der Waals surface area contributed by atoms with E-state index in [1.165, 1.54) is 24.0 Å². The van der Waals surface area contributed by atoms with Gasteiger partial charge in [0.15, 0.2) is 10.8 Å². The number of thiazole rings is 1. The largest absolute Gasteiger partial charge is 0.353 e. The Bertz CT molecular complexity index is 606. The molecule has 0 spiro atoms. The third-order valence-corrected chi connectivity index (χ3v) is 5.15. The van der Waals surface area contributed by atoms with Crippen LogP contribution in [0.4, 0.5) is 0 Å². The van der Waals surface area contributed by atoms with E-state index in [9.17, 15) is 0 Å². The fourth-order valence-corrected chi connectivity index (χ4v) is 3.82. The Morgan fingerprint density at radius 1 is 1.18 bits per heavy atom. The van der Waals surface area contributed by atoms with Crippen molar-refractivity contribution in [1.82, 2.24) is 14.9 Å². The molecule has 0 N–H and O–H groups in total. The van der Waals surface area contributed by atoms with Crippen LogP contribution in [0, 0.1) is 0 Å². The monoisotopic (exact) mass is 316 g/mol. The molecule has 0 atom stereocenters. The van der Waals surface area contributed by atoms with Crippen molar-refractivity contribution < 1.29 is 0 Å². The van der Waals surface area contributed by atoms with Gasteiger partial charge in [-0.2, -0.15) is 5.10 Å². The Morgan fingerprint density at radius 2 is 1.91 bits per heavy atom. The second-order valence-corrected chi connectivity index (χ2v) is 6.63. The minimum atomic E-state index is 0.957. The molecule has 1 aliphatic rings. The number of rotatable bonds is 4. The van der Waals surface area contributed by atoms with Gasteiger partial charge in [0.05, 0.1) is 10.2 Å². The summed E-state index contributed by atoms with van der Waals surface area (Å²) in [5, 5.41) is 8.23. The van der Waals surface area contributed by atoms with Gasteiger partial charge in [-0.05, 0) is 45.2 Å². The van der Waals surface area contributed by atoms with Gasteiger partial charge in [-0.3, -0.25) is 5.01 Å². The molecule has 0 saturated carbocycles. The van der Waals surface area contributed by atoms with Crippen molar-refractivity contribution in [3.63, 3.8) is 0 Å². The number of amidine groups is 1. The maximum atomic E-state index is 4.97. The number of piperidine rings is 1. The van der Waals surface area contributed by atoms with Crippen molar-refractivity contribution in [3.05, 3.63) is 29.3 Å². The second kappa shape index (κ2) is 7.09. The molecule has 1 aromatic heterocycles. The summed E-state index contributed by atoms with van der Waals surface area (Å²) in [7, 11) is 0. The molecule has 0 unspecified atom stereocenters. The van der Waals surface area contributed by atoms with E-state index in [2.05, 4.69) is 42.0 Å². The molecule has 0 amide bonds. The Morgan fingerprint density at radius 3 is 2.59 bits per heavy atom. The molecule has 1 fully saturated rings. The summed E-state index contributed by atoms with van der Waals surface area (Å²) in [5.74, 6) is 1.04. The fraction of sp³-hybridized carbons (Fsp3) is 0.529. The van der Waals surface area contributed by atoms with Crippen LogP contribution in [0.15, 0.2) is 29.4 Å². The van der Waals surface area contributed by atoms with Gasteiger partial charge in [-0.1, -0.05) is 12.1 Å². The van der Waals surface area contributed by atoms with Crippen molar-refractivity contribution in [2.75, 3.05) is 26.2 Å². The zero-order chi connectivity index (χ0) is 15.4. The molecule has 1 saturated heterocycles. The van der Waals surface area contributed by atoms with Crippen molar-refractivity contribution in [1.29, 1.82) is 0 Å². The third-order valence-electron chi connectivity index (χ3n) is 4.12. The first-order chi connectivity index (χ1) is 10.8. The van der Waals surface area contributed by atoms with Gasteiger partial charge < -0.3 is 4.90 Å². The second-order valence-electron chi connectivity index (χ2n) is 5.60. The molecular formula is C17H24N4S. The first-order valence-corrected chi connectivity index (χ1v) is 9.08. The van der Waals surface area contributed by atoms with E-state index in [1.807, 2.05) is 6.07 Å². The van der Waals surface area contributed by atoms with Crippen LogP contribution in [0.5, 0.6) is 0 Å². The highest BCUT2D eigenvalue weighted by atomic mass is 32.1. The Hall–Kier alpha value is -1.62. The summed E-state index contributed by atoms with van der Waals surface area (Å²) >= 11 is 1.74. The molecule has 0 bridgehead atoms. The van der Waals surface area contributed by atoms with Gasteiger partial charge >= 0.3 is 0 Å². The van der Waals surface area contributed by atoms with Crippen molar-refractivity contribution in [2.24, 2.45) is 5.10 Å².